The van der Waals surface area contributed by atoms with Crippen LogP contribution >= 0.6 is 11.8 Å². The first-order valence-electron chi connectivity index (χ1n) is 4.35. The van der Waals surface area contributed by atoms with E-state index < -0.39 is 0 Å². The largest absolute Gasteiger partial charge is 0.298 e. The van der Waals surface area contributed by atoms with E-state index in [1.54, 1.807) is 11.8 Å². The van der Waals surface area contributed by atoms with Gasteiger partial charge >= 0.3 is 0 Å². The fourth-order valence-electron chi connectivity index (χ4n) is 1.93. The molecule has 0 fully saturated rings. The number of thioether (sulfide) groups is 1. The highest BCUT2D eigenvalue weighted by Gasteiger charge is 2.32. The van der Waals surface area contributed by atoms with E-state index in [4.69, 9.17) is 0 Å². The standard InChI is InChI=1S/C9H10N2S/c1-2-4-8-7(3-1)10-9-11(8)5-6-12-9/h4-7H,1-3H2. The van der Waals surface area contributed by atoms with Crippen molar-refractivity contribution < 1.29 is 0 Å². The predicted octanol–water partition coefficient (Wildman–Crippen LogP) is 2.31. The molecule has 0 aromatic rings. The Morgan fingerprint density at radius 1 is 1.58 bits per heavy atom. The van der Waals surface area contributed by atoms with Crippen LogP contribution in [0.25, 0.3) is 0 Å². The van der Waals surface area contributed by atoms with Crippen molar-refractivity contribution in [3.05, 3.63) is 23.4 Å². The summed E-state index contributed by atoms with van der Waals surface area (Å²) in [6, 6.07) is 0.478. The molecule has 2 heterocycles. The molecule has 0 amide bonds. The number of hydrogen-bond acceptors (Lipinski definition) is 3. The van der Waals surface area contributed by atoms with Crippen LogP contribution in [0.5, 0.6) is 0 Å². The molecule has 0 saturated carbocycles. The Balaban J connectivity index is 2.02. The van der Waals surface area contributed by atoms with Gasteiger partial charge in [0.25, 0.3) is 0 Å². The van der Waals surface area contributed by atoms with Crippen LogP contribution in [0.1, 0.15) is 19.3 Å². The molecular formula is C9H10N2S. The predicted molar refractivity (Wildman–Crippen MR) is 51.7 cm³/mol. The van der Waals surface area contributed by atoms with E-state index in [0.29, 0.717) is 6.04 Å². The summed E-state index contributed by atoms with van der Waals surface area (Å²) in [5.41, 5.74) is 1.41. The maximum atomic E-state index is 4.65. The maximum Gasteiger partial charge on any atom is 0.172 e. The highest BCUT2D eigenvalue weighted by Crippen LogP contribution is 2.36. The SMILES string of the molecule is C1=CN2C3=CCCCC3N=C2S1. The minimum atomic E-state index is 0.478. The molecule has 1 atom stereocenters. The number of fused-ring (bicyclic) bond motifs is 3. The van der Waals surface area contributed by atoms with Crippen molar-refractivity contribution >= 4 is 16.9 Å². The molecule has 2 aliphatic heterocycles. The number of nitrogens with zero attached hydrogens (tertiary/aromatic N) is 2. The molecule has 0 bridgehead atoms. The first kappa shape index (κ1) is 6.78. The topological polar surface area (TPSA) is 15.6 Å². The highest BCUT2D eigenvalue weighted by atomic mass is 32.2. The summed E-state index contributed by atoms with van der Waals surface area (Å²) in [7, 11) is 0. The first-order chi connectivity index (χ1) is 5.95. The van der Waals surface area contributed by atoms with Crippen LogP contribution in [0.4, 0.5) is 0 Å². The van der Waals surface area contributed by atoms with E-state index in [1.807, 2.05) is 0 Å². The maximum absolute atomic E-state index is 4.65. The number of aliphatic imine (C=N–C) groups is 1. The van der Waals surface area contributed by atoms with Crippen molar-refractivity contribution in [2.75, 3.05) is 0 Å². The van der Waals surface area contributed by atoms with E-state index in [9.17, 15) is 0 Å². The summed E-state index contributed by atoms with van der Waals surface area (Å²) >= 11 is 1.73. The quantitative estimate of drug-likeness (QED) is 0.565. The van der Waals surface area contributed by atoms with Gasteiger partial charge in [-0.2, -0.15) is 0 Å². The average molecular weight is 178 g/mol. The number of rotatable bonds is 0. The lowest BCUT2D eigenvalue weighted by atomic mass is 10.0. The van der Waals surface area contributed by atoms with Gasteiger partial charge in [0.2, 0.25) is 0 Å². The normalized spacial score (nSPS) is 31.3. The Bertz CT molecular complexity index is 304. The molecule has 12 heavy (non-hydrogen) atoms. The second-order valence-corrected chi connectivity index (χ2v) is 4.13. The lowest BCUT2D eigenvalue weighted by Gasteiger charge is -2.19. The zero-order chi connectivity index (χ0) is 7.97. The molecule has 3 heteroatoms. The Kier molecular flexibility index (Phi) is 1.35. The number of hydrogen-bond donors (Lipinski definition) is 0. The number of allylic oxidation sites excluding steroid dienone is 1. The Morgan fingerprint density at radius 3 is 3.58 bits per heavy atom. The van der Waals surface area contributed by atoms with Crippen LogP contribution in [-0.4, -0.2) is 16.1 Å². The third-order valence-electron chi connectivity index (χ3n) is 2.51. The van der Waals surface area contributed by atoms with Gasteiger partial charge in [0.1, 0.15) is 0 Å². The molecule has 1 unspecified atom stereocenters. The summed E-state index contributed by atoms with van der Waals surface area (Å²) in [6.07, 6.45) is 8.22. The summed E-state index contributed by atoms with van der Waals surface area (Å²) in [4.78, 5) is 6.88. The van der Waals surface area contributed by atoms with Gasteiger partial charge in [0.05, 0.1) is 6.04 Å². The Labute approximate surface area is 76.0 Å². The lowest BCUT2D eigenvalue weighted by molar-refractivity contribution is 0.562. The minimum absolute atomic E-state index is 0.478. The van der Waals surface area contributed by atoms with Crippen molar-refractivity contribution in [3.8, 4) is 0 Å². The minimum Gasteiger partial charge on any atom is -0.298 e. The molecule has 0 spiro atoms. The Hall–Kier alpha value is -0.700. The fourth-order valence-corrected chi connectivity index (χ4v) is 2.70. The second-order valence-electron chi connectivity index (χ2n) is 3.26. The number of amidine groups is 1. The monoisotopic (exact) mass is 178 g/mol. The van der Waals surface area contributed by atoms with E-state index in [2.05, 4.69) is 27.6 Å². The van der Waals surface area contributed by atoms with Crippen molar-refractivity contribution in [2.45, 2.75) is 25.3 Å². The summed E-state index contributed by atoms with van der Waals surface area (Å²) in [6.45, 7) is 0. The molecule has 0 radical (unpaired) electrons. The zero-order valence-corrected chi connectivity index (χ0v) is 7.55. The van der Waals surface area contributed by atoms with Crippen LogP contribution in [0, 0.1) is 0 Å². The molecule has 3 aliphatic rings. The molecule has 2 nitrogen and oxygen atoms in total. The van der Waals surface area contributed by atoms with Crippen LogP contribution in [0.2, 0.25) is 0 Å². The smallest absolute Gasteiger partial charge is 0.172 e. The zero-order valence-electron chi connectivity index (χ0n) is 6.73. The third kappa shape index (κ3) is 0.800. The molecule has 0 aromatic heterocycles. The van der Waals surface area contributed by atoms with Gasteiger partial charge in [-0.15, -0.1) is 0 Å². The second kappa shape index (κ2) is 2.39. The molecule has 3 rings (SSSR count). The van der Waals surface area contributed by atoms with Crippen molar-refractivity contribution in [1.29, 1.82) is 0 Å². The van der Waals surface area contributed by atoms with Crippen LogP contribution in [0.3, 0.4) is 0 Å². The first-order valence-corrected chi connectivity index (χ1v) is 5.23. The molecule has 62 valence electrons. The van der Waals surface area contributed by atoms with E-state index in [1.165, 1.54) is 30.1 Å². The highest BCUT2D eigenvalue weighted by molar-refractivity contribution is 8.16. The van der Waals surface area contributed by atoms with E-state index in [-0.39, 0.29) is 0 Å². The van der Waals surface area contributed by atoms with Crippen LogP contribution in [0.15, 0.2) is 28.4 Å². The van der Waals surface area contributed by atoms with Gasteiger partial charge < -0.3 is 0 Å². The summed E-state index contributed by atoms with van der Waals surface area (Å²) < 4.78 is 0. The van der Waals surface area contributed by atoms with Gasteiger partial charge in [0, 0.05) is 11.9 Å². The third-order valence-corrected chi connectivity index (χ3v) is 3.28. The fraction of sp³-hybridized carbons (Fsp3) is 0.444. The van der Waals surface area contributed by atoms with Crippen molar-refractivity contribution in [1.82, 2.24) is 4.90 Å². The molecule has 0 aromatic carbocycles. The van der Waals surface area contributed by atoms with Crippen LogP contribution in [-0.2, 0) is 0 Å². The van der Waals surface area contributed by atoms with Crippen molar-refractivity contribution in [2.24, 2.45) is 4.99 Å². The van der Waals surface area contributed by atoms with Crippen LogP contribution < -0.4 is 0 Å². The van der Waals surface area contributed by atoms with Gasteiger partial charge in [-0.05, 0) is 24.7 Å². The van der Waals surface area contributed by atoms with Crippen molar-refractivity contribution in [3.63, 3.8) is 0 Å². The lowest BCUT2D eigenvalue weighted by Crippen LogP contribution is -2.19. The molecule has 0 saturated heterocycles. The van der Waals surface area contributed by atoms with Gasteiger partial charge in [-0.3, -0.25) is 9.89 Å². The van der Waals surface area contributed by atoms with E-state index in [0.717, 1.165) is 0 Å². The molecule has 1 aliphatic carbocycles. The van der Waals surface area contributed by atoms with Gasteiger partial charge in [0.15, 0.2) is 5.17 Å². The van der Waals surface area contributed by atoms with Gasteiger partial charge in [-0.25, -0.2) is 0 Å². The molecule has 0 N–H and O–H groups in total. The van der Waals surface area contributed by atoms with E-state index >= 15 is 0 Å². The average Bonchev–Trinajstić information content (AvgIpc) is 2.62. The summed E-state index contributed by atoms with van der Waals surface area (Å²) in [5, 5.41) is 3.28. The summed E-state index contributed by atoms with van der Waals surface area (Å²) in [5.74, 6) is 0. The van der Waals surface area contributed by atoms with Gasteiger partial charge in [-0.1, -0.05) is 17.8 Å². The Morgan fingerprint density at radius 2 is 2.58 bits per heavy atom. The molecular weight excluding hydrogens is 168 g/mol.